The van der Waals surface area contributed by atoms with Crippen molar-refractivity contribution in [2.75, 3.05) is 5.32 Å². The van der Waals surface area contributed by atoms with Crippen molar-refractivity contribution in [3.63, 3.8) is 0 Å². The first-order chi connectivity index (χ1) is 12.2. The maximum Gasteiger partial charge on any atom is 0.0914 e. The molecule has 0 radical (unpaired) electrons. The van der Waals surface area contributed by atoms with Crippen LogP contribution in [-0.4, -0.2) is 28.5 Å². The molecule has 0 aromatic heterocycles. The molecule has 142 valence electrons. The molecule has 0 amide bonds. The van der Waals surface area contributed by atoms with E-state index in [9.17, 15) is 5.11 Å². The van der Waals surface area contributed by atoms with E-state index in [4.69, 9.17) is 4.74 Å². The van der Waals surface area contributed by atoms with Crippen molar-refractivity contribution in [2.45, 2.75) is 76.7 Å². The summed E-state index contributed by atoms with van der Waals surface area (Å²) in [6.45, 7) is 12.5. The highest BCUT2D eigenvalue weighted by molar-refractivity contribution is 5.66. The van der Waals surface area contributed by atoms with Gasteiger partial charge in [0, 0.05) is 5.69 Å². The molecule has 2 heterocycles. The molecule has 0 saturated carbocycles. The summed E-state index contributed by atoms with van der Waals surface area (Å²) < 4.78 is 6.52. The van der Waals surface area contributed by atoms with Crippen molar-refractivity contribution in [1.29, 1.82) is 0 Å². The molecule has 26 heavy (non-hydrogen) atoms. The lowest BCUT2D eigenvalue weighted by Gasteiger charge is -2.41. The van der Waals surface area contributed by atoms with Crippen LogP contribution >= 0.6 is 0 Å². The van der Waals surface area contributed by atoms with Crippen molar-refractivity contribution in [2.24, 2.45) is 5.41 Å². The Morgan fingerprint density at radius 3 is 2.69 bits per heavy atom. The molecular weight excluding hydrogens is 322 g/mol. The molecule has 2 bridgehead atoms. The third kappa shape index (κ3) is 3.89. The highest BCUT2D eigenvalue weighted by atomic mass is 16.5. The number of ether oxygens (including phenoxy) is 1. The Hall–Kier alpha value is -1.58. The fourth-order valence-electron chi connectivity index (χ4n) is 4.31. The summed E-state index contributed by atoms with van der Waals surface area (Å²) in [6.07, 6.45) is 9.56. The molecule has 1 saturated heterocycles. The molecule has 1 aromatic rings. The van der Waals surface area contributed by atoms with Crippen molar-refractivity contribution in [1.82, 2.24) is 0 Å². The summed E-state index contributed by atoms with van der Waals surface area (Å²) in [7, 11) is 0. The average molecular weight is 356 g/mol. The van der Waals surface area contributed by atoms with Gasteiger partial charge >= 0.3 is 0 Å². The van der Waals surface area contributed by atoms with Crippen LogP contribution in [-0.2, 0) is 4.74 Å². The molecule has 2 N–H and O–H groups in total. The highest BCUT2D eigenvalue weighted by Gasteiger charge is 2.49. The van der Waals surface area contributed by atoms with E-state index in [2.05, 4.69) is 57.0 Å². The summed E-state index contributed by atoms with van der Waals surface area (Å²) in [4.78, 5) is 0. The normalized spacial score (nSPS) is 37.7. The number of para-hydroxylation sites is 1. The lowest BCUT2D eigenvalue weighted by Crippen LogP contribution is -2.49. The lowest BCUT2D eigenvalue weighted by molar-refractivity contribution is -0.130. The minimum absolute atomic E-state index is 0.0126. The Labute approximate surface area is 158 Å². The van der Waals surface area contributed by atoms with Crippen LogP contribution in [0.15, 0.2) is 43.0 Å². The van der Waals surface area contributed by atoms with Gasteiger partial charge in [-0.2, -0.15) is 0 Å². The van der Waals surface area contributed by atoms with E-state index in [-0.39, 0.29) is 23.2 Å². The first kappa shape index (κ1) is 19.2. The van der Waals surface area contributed by atoms with Gasteiger partial charge in [-0.3, -0.25) is 0 Å². The Morgan fingerprint density at radius 1 is 1.23 bits per heavy atom. The van der Waals surface area contributed by atoms with Crippen molar-refractivity contribution < 1.29 is 9.84 Å². The largest absolute Gasteiger partial charge is 0.387 e. The van der Waals surface area contributed by atoms with Gasteiger partial charge in [0.2, 0.25) is 0 Å². The monoisotopic (exact) mass is 355 g/mol. The van der Waals surface area contributed by atoms with Crippen LogP contribution < -0.4 is 5.32 Å². The van der Waals surface area contributed by atoms with Crippen molar-refractivity contribution >= 4 is 11.8 Å². The molecule has 1 fully saturated rings. The number of benzene rings is 1. The van der Waals surface area contributed by atoms with Gasteiger partial charge in [-0.15, -0.1) is 0 Å². The van der Waals surface area contributed by atoms with Crippen LogP contribution in [0.1, 0.15) is 58.9 Å². The number of allylic oxidation sites excluding steroid dienone is 1. The summed E-state index contributed by atoms with van der Waals surface area (Å²) in [5, 5.41) is 14.7. The third-order valence-corrected chi connectivity index (χ3v) is 6.09. The molecule has 2 aliphatic heterocycles. The smallest absolute Gasteiger partial charge is 0.0914 e. The second-order valence-corrected chi connectivity index (χ2v) is 9.10. The van der Waals surface area contributed by atoms with Gasteiger partial charge < -0.3 is 15.2 Å². The fourth-order valence-corrected chi connectivity index (χ4v) is 4.31. The molecule has 3 rings (SSSR count). The van der Waals surface area contributed by atoms with Gasteiger partial charge in [0.25, 0.3) is 0 Å². The zero-order valence-electron chi connectivity index (χ0n) is 16.6. The van der Waals surface area contributed by atoms with E-state index in [1.165, 1.54) is 0 Å². The van der Waals surface area contributed by atoms with Crippen LogP contribution in [0.5, 0.6) is 0 Å². The van der Waals surface area contributed by atoms with E-state index in [0.717, 1.165) is 30.5 Å². The van der Waals surface area contributed by atoms with E-state index in [1.54, 1.807) is 0 Å². The molecule has 1 unspecified atom stereocenters. The Bertz CT molecular complexity index is 691. The molecule has 3 nitrogen and oxygen atoms in total. The van der Waals surface area contributed by atoms with Gasteiger partial charge in [0.1, 0.15) is 0 Å². The van der Waals surface area contributed by atoms with E-state index in [0.29, 0.717) is 6.42 Å². The second-order valence-electron chi connectivity index (χ2n) is 9.10. The van der Waals surface area contributed by atoms with E-state index in [1.807, 2.05) is 25.1 Å². The number of hydrogen-bond acceptors (Lipinski definition) is 3. The molecule has 3 heteroatoms. The number of rotatable bonds is 3. The van der Waals surface area contributed by atoms with Gasteiger partial charge in [-0.25, -0.2) is 0 Å². The van der Waals surface area contributed by atoms with Gasteiger partial charge in [-0.05, 0) is 56.6 Å². The van der Waals surface area contributed by atoms with Gasteiger partial charge in [-0.1, -0.05) is 56.9 Å². The molecule has 0 spiro atoms. The summed E-state index contributed by atoms with van der Waals surface area (Å²) >= 11 is 0. The van der Waals surface area contributed by atoms with Crippen molar-refractivity contribution in [3.8, 4) is 0 Å². The number of anilines is 1. The first-order valence-corrected chi connectivity index (χ1v) is 9.71. The second kappa shape index (κ2) is 6.86. The summed E-state index contributed by atoms with van der Waals surface area (Å²) in [5.41, 5.74) is 1.06. The third-order valence-electron chi connectivity index (χ3n) is 6.09. The predicted molar refractivity (Wildman–Crippen MR) is 109 cm³/mol. The fraction of sp³-hybridized carbons (Fsp3) is 0.565. The standard InChI is InChI=1S/C23H33NO2/c1-6-17-10-7-8-11-18(17)24-19-16-21(2,3)13-9-14-22(4,25)20-12-15-23(19,5)26-20/h6-11,13,19-20,24-25H,1,12,14-16H2,2-5H3/b13-9+/t19-,20?,22-,23-/m1/s1. The summed E-state index contributed by atoms with van der Waals surface area (Å²) in [6, 6.07) is 8.40. The molecule has 4 atom stereocenters. The number of nitrogens with one attached hydrogen (secondary N) is 1. The highest BCUT2D eigenvalue weighted by Crippen LogP contribution is 2.44. The Morgan fingerprint density at radius 2 is 1.96 bits per heavy atom. The summed E-state index contributed by atoms with van der Waals surface area (Å²) in [5.74, 6) is 0. The number of fused-ring (bicyclic) bond motifs is 2. The topological polar surface area (TPSA) is 41.5 Å². The molecule has 2 aliphatic rings. The number of aliphatic hydroxyl groups is 1. The minimum Gasteiger partial charge on any atom is -0.387 e. The molecule has 0 aliphatic carbocycles. The lowest BCUT2D eigenvalue weighted by atomic mass is 9.78. The zero-order chi connectivity index (χ0) is 19.0. The Balaban J connectivity index is 1.97. The number of hydrogen-bond donors (Lipinski definition) is 2. The van der Waals surface area contributed by atoms with Crippen LogP contribution in [0.4, 0.5) is 5.69 Å². The Kier molecular flexibility index (Phi) is 5.06. The minimum atomic E-state index is -0.828. The van der Waals surface area contributed by atoms with Crippen LogP contribution in [0.3, 0.4) is 0 Å². The quantitative estimate of drug-likeness (QED) is 0.735. The predicted octanol–water partition coefficient (Wildman–Crippen LogP) is 5.18. The van der Waals surface area contributed by atoms with Crippen LogP contribution in [0, 0.1) is 5.41 Å². The van der Waals surface area contributed by atoms with Gasteiger partial charge in [0.05, 0.1) is 23.3 Å². The first-order valence-electron chi connectivity index (χ1n) is 9.71. The molecule has 1 aromatic carbocycles. The zero-order valence-corrected chi connectivity index (χ0v) is 16.6. The van der Waals surface area contributed by atoms with E-state index < -0.39 is 5.60 Å². The van der Waals surface area contributed by atoms with Crippen LogP contribution in [0.2, 0.25) is 0 Å². The van der Waals surface area contributed by atoms with Crippen LogP contribution in [0.25, 0.3) is 6.08 Å². The maximum absolute atomic E-state index is 10.9. The van der Waals surface area contributed by atoms with Crippen molar-refractivity contribution in [3.05, 3.63) is 48.6 Å². The maximum atomic E-state index is 10.9. The average Bonchev–Trinajstić information content (AvgIpc) is 2.98. The molecular formula is C23H33NO2. The SMILES string of the molecule is C=Cc1ccccc1N[C@@H]1CC(C)(C)/C=C/C[C@@](C)(O)C2CC[C@@]1(C)O2. The van der Waals surface area contributed by atoms with Gasteiger partial charge in [0.15, 0.2) is 0 Å². The van der Waals surface area contributed by atoms with E-state index >= 15 is 0 Å².